The SMILES string of the molecule is CC(C)N(O)C(C)N(S(C)(=O)=O)S(C)(=O)=O. The molecule has 0 aliphatic carbocycles. The first-order valence-corrected chi connectivity index (χ1v) is 8.25. The Hall–Kier alpha value is -0.220. The van der Waals surface area contributed by atoms with Crippen molar-refractivity contribution in [1.29, 1.82) is 0 Å². The summed E-state index contributed by atoms with van der Waals surface area (Å²) in [7, 11) is -7.91. The lowest BCUT2D eigenvalue weighted by Crippen LogP contribution is -2.52. The molecule has 7 nitrogen and oxygen atoms in total. The van der Waals surface area contributed by atoms with Crippen molar-refractivity contribution in [2.45, 2.75) is 33.0 Å². The summed E-state index contributed by atoms with van der Waals surface area (Å²) >= 11 is 0. The van der Waals surface area contributed by atoms with Crippen molar-refractivity contribution in [2.24, 2.45) is 0 Å². The highest BCUT2D eigenvalue weighted by molar-refractivity contribution is 8.03. The molecule has 0 amide bonds. The maximum absolute atomic E-state index is 11.4. The van der Waals surface area contributed by atoms with Crippen LogP contribution in [0.5, 0.6) is 0 Å². The van der Waals surface area contributed by atoms with Crippen LogP contribution in [0.4, 0.5) is 0 Å². The van der Waals surface area contributed by atoms with Crippen LogP contribution in [0.25, 0.3) is 0 Å². The van der Waals surface area contributed by atoms with Crippen molar-refractivity contribution in [3.05, 3.63) is 0 Å². The zero-order chi connectivity index (χ0) is 13.3. The van der Waals surface area contributed by atoms with Gasteiger partial charge in [0.1, 0.15) is 6.17 Å². The van der Waals surface area contributed by atoms with Crippen LogP contribution in [-0.4, -0.2) is 55.5 Å². The second kappa shape index (κ2) is 4.96. The summed E-state index contributed by atoms with van der Waals surface area (Å²) in [6.07, 6.45) is 0.377. The molecule has 0 saturated heterocycles. The van der Waals surface area contributed by atoms with E-state index in [1.54, 1.807) is 13.8 Å². The highest BCUT2D eigenvalue weighted by Crippen LogP contribution is 2.15. The molecule has 0 aliphatic rings. The summed E-state index contributed by atoms with van der Waals surface area (Å²) in [5.74, 6) is 0. The summed E-state index contributed by atoms with van der Waals surface area (Å²) in [6.45, 7) is 4.51. The van der Waals surface area contributed by atoms with Crippen molar-refractivity contribution >= 4 is 20.0 Å². The second-order valence-electron chi connectivity index (χ2n) is 3.86. The fraction of sp³-hybridized carbons (Fsp3) is 1.00. The van der Waals surface area contributed by atoms with Gasteiger partial charge in [-0.1, -0.05) is 3.71 Å². The number of hydrogen-bond acceptors (Lipinski definition) is 6. The monoisotopic (exact) mass is 274 g/mol. The van der Waals surface area contributed by atoms with Crippen LogP contribution < -0.4 is 0 Å². The van der Waals surface area contributed by atoms with E-state index in [1.165, 1.54) is 6.92 Å². The molecular formula is C7H18N2O5S2. The van der Waals surface area contributed by atoms with Gasteiger partial charge in [-0.05, 0) is 20.8 Å². The smallest absolute Gasteiger partial charge is 0.225 e. The van der Waals surface area contributed by atoms with Gasteiger partial charge in [-0.25, -0.2) is 16.8 Å². The Morgan fingerprint density at radius 2 is 1.25 bits per heavy atom. The Bertz CT molecular complexity index is 396. The van der Waals surface area contributed by atoms with Crippen molar-refractivity contribution in [3.63, 3.8) is 0 Å². The molecule has 98 valence electrons. The maximum atomic E-state index is 11.4. The van der Waals surface area contributed by atoms with Gasteiger partial charge in [0.25, 0.3) is 0 Å². The molecule has 0 aromatic heterocycles. The molecule has 0 spiro atoms. The van der Waals surface area contributed by atoms with Gasteiger partial charge in [-0.15, -0.1) is 0 Å². The number of hydroxylamine groups is 2. The topological polar surface area (TPSA) is 95.0 Å². The first-order chi connectivity index (χ1) is 6.89. The van der Waals surface area contributed by atoms with E-state index in [-0.39, 0.29) is 3.71 Å². The molecule has 0 heterocycles. The standard InChI is InChI=1S/C7H18N2O5S2/c1-6(2)8(10)7(3)9(15(4,11)12)16(5,13)14/h6-7,10H,1-5H3. The maximum Gasteiger partial charge on any atom is 0.225 e. The minimum absolute atomic E-state index is 0.278. The van der Waals surface area contributed by atoms with E-state index in [0.717, 1.165) is 12.5 Å². The highest BCUT2D eigenvalue weighted by atomic mass is 32.3. The van der Waals surface area contributed by atoms with Gasteiger partial charge in [0, 0.05) is 6.04 Å². The molecule has 1 atom stereocenters. The van der Waals surface area contributed by atoms with Crippen LogP contribution in [0.2, 0.25) is 0 Å². The molecule has 16 heavy (non-hydrogen) atoms. The number of rotatable bonds is 5. The van der Waals surface area contributed by atoms with Gasteiger partial charge < -0.3 is 5.21 Å². The molecule has 0 saturated carbocycles. The van der Waals surface area contributed by atoms with Gasteiger partial charge in [-0.3, -0.25) is 0 Å². The van der Waals surface area contributed by atoms with Gasteiger partial charge in [0.2, 0.25) is 20.0 Å². The van der Waals surface area contributed by atoms with Crippen molar-refractivity contribution in [1.82, 2.24) is 8.77 Å². The first kappa shape index (κ1) is 15.8. The number of sulfonamides is 2. The van der Waals surface area contributed by atoms with Crippen molar-refractivity contribution in [2.75, 3.05) is 12.5 Å². The zero-order valence-electron chi connectivity index (χ0n) is 9.95. The Kier molecular flexibility index (Phi) is 4.89. The zero-order valence-corrected chi connectivity index (χ0v) is 11.6. The fourth-order valence-electron chi connectivity index (χ4n) is 1.33. The Morgan fingerprint density at radius 3 is 1.44 bits per heavy atom. The minimum atomic E-state index is -3.96. The summed E-state index contributed by atoms with van der Waals surface area (Å²) in [5, 5.41) is 10.2. The molecule has 9 heteroatoms. The lowest BCUT2D eigenvalue weighted by molar-refractivity contribution is -0.161. The molecule has 0 aromatic rings. The van der Waals surface area contributed by atoms with Gasteiger partial charge in [0.15, 0.2) is 0 Å². The average Bonchev–Trinajstić information content (AvgIpc) is 1.96. The summed E-state index contributed by atoms with van der Waals surface area (Å²) in [4.78, 5) is 0. The quantitative estimate of drug-likeness (QED) is 0.544. The van der Waals surface area contributed by atoms with Crippen LogP contribution in [0.1, 0.15) is 20.8 Å². The molecular weight excluding hydrogens is 256 g/mol. The Labute approximate surface area is 96.7 Å². The number of nitrogens with zero attached hydrogens (tertiary/aromatic N) is 2. The van der Waals surface area contributed by atoms with E-state index in [4.69, 9.17) is 0 Å². The lowest BCUT2D eigenvalue weighted by atomic mass is 10.4. The molecule has 0 radical (unpaired) electrons. The highest BCUT2D eigenvalue weighted by Gasteiger charge is 2.36. The van der Waals surface area contributed by atoms with E-state index in [0.29, 0.717) is 5.06 Å². The van der Waals surface area contributed by atoms with E-state index in [9.17, 15) is 22.0 Å². The van der Waals surface area contributed by atoms with E-state index >= 15 is 0 Å². The van der Waals surface area contributed by atoms with E-state index in [1.807, 2.05) is 0 Å². The van der Waals surface area contributed by atoms with E-state index in [2.05, 4.69) is 0 Å². The molecule has 0 fully saturated rings. The minimum Gasteiger partial charge on any atom is -0.312 e. The normalized spacial score (nSPS) is 16.1. The van der Waals surface area contributed by atoms with Gasteiger partial charge >= 0.3 is 0 Å². The Morgan fingerprint density at radius 1 is 0.938 bits per heavy atom. The average molecular weight is 274 g/mol. The van der Waals surface area contributed by atoms with Crippen molar-refractivity contribution in [3.8, 4) is 0 Å². The van der Waals surface area contributed by atoms with Crippen molar-refractivity contribution < 1.29 is 22.0 Å². The largest absolute Gasteiger partial charge is 0.312 e. The van der Waals surface area contributed by atoms with Crippen LogP contribution in [-0.2, 0) is 20.0 Å². The fourth-order valence-corrected chi connectivity index (χ4v) is 4.60. The molecule has 1 N–H and O–H groups in total. The molecule has 0 aromatic carbocycles. The van der Waals surface area contributed by atoms with Crippen LogP contribution in [0.3, 0.4) is 0 Å². The molecule has 0 bridgehead atoms. The van der Waals surface area contributed by atoms with Gasteiger partial charge in [0.05, 0.1) is 12.5 Å². The molecule has 1 unspecified atom stereocenters. The predicted octanol–water partition coefficient (Wildman–Crippen LogP) is -0.347. The summed E-state index contributed by atoms with van der Waals surface area (Å²) in [6, 6.07) is -0.402. The van der Waals surface area contributed by atoms with Crippen LogP contribution >= 0.6 is 0 Å². The first-order valence-electron chi connectivity index (χ1n) is 4.55. The number of hydrogen-bond donors (Lipinski definition) is 1. The predicted molar refractivity (Wildman–Crippen MR) is 59.8 cm³/mol. The Balaban J connectivity index is 5.42. The summed E-state index contributed by atoms with van der Waals surface area (Å²) < 4.78 is 45.7. The third-order valence-corrected chi connectivity index (χ3v) is 5.41. The summed E-state index contributed by atoms with van der Waals surface area (Å²) in [5.41, 5.74) is 0. The van der Waals surface area contributed by atoms with E-state index < -0.39 is 32.3 Å². The van der Waals surface area contributed by atoms with Crippen LogP contribution in [0.15, 0.2) is 0 Å². The second-order valence-corrected chi connectivity index (χ2v) is 7.81. The molecule has 0 rings (SSSR count). The third-order valence-electron chi connectivity index (χ3n) is 1.87. The van der Waals surface area contributed by atoms with Crippen LogP contribution in [0, 0.1) is 0 Å². The van der Waals surface area contributed by atoms with Gasteiger partial charge in [-0.2, -0.15) is 5.06 Å². The lowest BCUT2D eigenvalue weighted by Gasteiger charge is -2.32. The molecule has 0 aliphatic heterocycles. The third kappa shape index (κ3) is 3.98.